The van der Waals surface area contributed by atoms with Gasteiger partial charge in [-0.15, -0.1) is 0 Å². The lowest BCUT2D eigenvalue weighted by Gasteiger charge is -2.00. The maximum absolute atomic E-state index is 11.6. The molecule has 0 bridgehead atoms. The molecule has 0 N–H and O–H groups in total. The van der Waals surface area contributed by atoms with Crippen molar-refractivity contribution >= 4 is 23.6 Å². The van der Waals surface area contributed by atoms with E-state index < -0.39 is 5.97 Å². The number of methoxy groups -OCH3 is 1. The highest BCUT2D eigenvalue weighted by atomic mass is 16.5. The zero-order valence-corrected chi connectivity index (χ0v) is 12.4. The number of para-hydroxylation sites is 1. The number of ether oxygens (including phenoxy) is 1. The van der Waals surface area contributed by atoms with Crippen LogP contribution in [0.3, 0.4) is 0 Å². The number of aliphatic imine (C=N–C) groups is 1. The average molecular weight is 293 g/mol. The van der Waals surface area contributed by atoms with Crippen molar-refractivity contribution < 1.29 is 14.3 Å². The summed E-state index contributed by atoms with van der Waals surface area (Å²) in [5.41, 5.74) is 11.9. The number of hydrogen-bond acceptors (Lipinski definition) is 3. The number of rotatable bonds is 4. The van der Waals surface area contributed by atoms with E-state index in [0.717, 1.165) is 11.1 Å². The van der Waals surface area contributed by atoms with Gasteiger partial charge in [-0.3, -0.25) is 4.99 Å². The summed E-state index contributed by atoms with van der Waals surface area (Å²) in [7, 11) is 1.23. The average Bonchev–Trinajstić information content (AvgIpc) is 2.56. The van der Waals surface area contributed by atoms with Crippen LogP contribution in [0.25, 0.3) is 5.53 Å². The molecule has 0 atom stereocenters. The van der Waals surface area contributed by atoms with Crippen LogP contribution in [0.15, 0.2) is 53.5 Å². The predicted molar refractivity (Wildman–Crippen MR) is 84.6 cm³/mol. The summed E-state index contributed by atoms with van der Waals surface area (Å²) < 4.78 is 4.61. The van der Waals surface area contributed by atoms with Crippen LogP contribution in [0.4, 0.5) is 5.69 Å². The molecule has 0 aromatic heterocycles. The Kier molecular flexibility index (Phi) is 4.96. The number of aryl methyl sites for hydroxylation is 1. The van der Waals surface area contributed by atoms with Crippen LogP contribution in [0, 0.1) is 6.92 Å². The molecule has 22 heavy (non-hydrogen) atoms. The molecule has 2 aromatic rings. The van der Waals surface area contributed by atoms with E-state index in [9.17, 15) is 4.79 Å². The van der Waals surface area contributed by atoms with Crippen LogP contribution in [0.1, 0.15) is 16.7 Å². The molecule has 0 unspecified atom stereocenters. The summed E-state index contributed by atoms with van der Waals surface area (Å²) in [6.07, 6.45) is 1.69. The second-order valence-electron chi connectivity index (χ2n) is 4.63. The smallest absolute Gasteiger partial charge is 0.422 e. The van der Waals surface area contributed by atoms with Gasteiger partial charge in [-0.05, 0) is 24.6 Å². The molecule has 0 amide bonds. The number of esters is 1. The standard InChI is InChI=1S/C17H15N3O2/c1-12-7-9-13(10-8-12)11-19-15-6-4-3-5-14(15)16(20-18)17(21)22-2/h3-11H,1-2H3. The molecule has 0 aliphatic heterocycles. The summed E-state index contributed by atoms with van der Waals surface area (Å²) in [6.45, 7) is 2.01. The number of nitrogens with zero attached hydrogens (tertiary/aromatic N) is 3. The molecule has 0 saturated heterocycles. The maximum Gasteiger partial charge on any atom is 0.422 e. The van der Waals surface area contributed by atoms with Gasteiger partial charge in [-0.2, -0.15) is 4.79 Å². The first-order chi connectivity index (χ1) is 10.7. The summed E-state index contributed by atoms with van der Waals surface area (Å²) in [5.74, 6) is -0.722. The molecular formula is C17H15N3O2. The van der Waals surface area contributed by atoms with Crippen LogP contribution in [0.5, 0.6) is 0 Å². The molecule has 0 spiro atoms. The van der Waals surface area contributed by atoms with Crippen molar-refractivity contribution in [2.45, 2.75) is 6.92 Å². The highest BCUT2D eigenvalue weighted by Gasteiger charge is 2.26. The van der Waals surface area contributed by atoms with Gasteiger partial charge in [0.2, 0.25) is 0 Å². The SMILES string of the molecule is COC(=O)C(=[N+]=[N-])c1ccccc1N=Cc1ccc(C)cc1. The van der Waals surface area contributed by atoms with E-state index in [1.807, 2.05) is 31.2 Å². The molecule has 0 aliphatic rings. The Morgan fingerprint density at radius 3 is 2.50 bits per heavy atom. The molecule has 5 nitrogen and oxygen atoms in total. The van der Waals surface area contributed by atoms with Crippen LogP contribution in [-0.4, -0.2) is 29.8 Å². The molecular weight excluding hydrogens is 278 g/mol. The van der Waals surface area contributed by atoms with E-state index in [2.05, 4.69) is 14.5 Å². The van der Waals surface area contributed by atoms with Gasteiger partial charge < -0.3 is 10.3 Å². The molecule has 5 heteroatoms. The van der Waals surface area contributed by atoms with E-state index in [1.54, 1.807) is 30.5 Å². The molecule has 2 aromatic carbocycles. The quantitative estimate of drug-likeness (QED) is 0.376. The normalized spacial score (nSPS) is 10.3. The fourth-order valence-corrected chi connectivity index (χ4v) is 1.88. The second kappa shape index (κ2) is 7.11. The molecule has 0 aliphatic carbocycles. The lowest BCUT2D eigenvalue weighted by Crippen LogP contribution is -2.18. The lowest BCUT2D eigenvalue weighted by molar-refractivity contribution is -0.137. The van der Waals surface area contributed by atoms with Gasteiger partial charge in [0.15, 0.2) is 0 Å². The third-order valence-corrected chi connectivity index (χ3v) is 3.07. The monoisotopic (exact) mass is 293 g/mol. The van der Waals surface area contributed by atoms with E-state index in [1.165, 1.54) is 7.11 Å². The number of benzene rings is 2. The lowest BCUT2D eigenvalue weighted by atomic mass is 10.1. The molecule has 0 saturated carbocycles. The van der Waals surface area contributed by atoms with E-state index in [4.69, 9.17) is 5.53 Å². The first kappa shape index (κ1) is 15.4. The number of carbonyl (C=O) groups is 1. The van der Waals surface area contributed by atoms with E-state index >= 15 is 0 Å². The minimum absolute atomic E-state index is 0.181. The number of carbonyl (C=O) groups excluding carboxylic acids is 1. The van der Waals surface area contributed by atoms with Gasteiger partial charge in [0.25, 0.3) is 0 Å². The zero-order valence-electron chi connectivity index (χ0n) is 12.4. The summed E-state index contributed by atoms with van der Waals surface area (Å²) >= 11 is 0. The molecule has 0 fully saturated rings. The first-order valence-corrected chi connectivity index (χ1v) is 6.66. The Morgan fingerprint density at radius 1 is 1.18 bits per heavy atom. The Bertz CT molecular complexity index is 758. The predicted octanol–water partition coefficient (Wildman–Crippen LogP) is 2.94. The zero-order chi connectivity index (χ0) is 15.9. The summed E-state index contributed by atoms with van der Waals surface area (Å²) in [5, 5.41) is 0. The Morgan fingerprint density at radius 2 is 1.86 bits per heavy atom. The van der Waals surface area contributed by atoms with Gasteiger partial charge in [0, 0.05) is 6.21 Å². The molecule has 110 valence electrons. The van der Waals surface area contributed by atoms with Gasteiger partial charge in [0.05, 0.1) is 18.4 Å². The maximum atomic E-state index is 11.6. The van der Waals surface area contributed by atoms with Crippen LogP contribution >= 0.6 is 0 Å². The Labute approximate surface area is 128 Å². The minimum Gasteiger partial charge on any atom is -0.460 e. The highest BCUT2D eigenvalue weighted by Crippen LogP contribution is 2.19. The third kappa shape index (κ3) is 3.53. The fraction of sp³-hybridized carbons (Fsp3) is 0.118. The van der Waals surface area contributed by atoms with Gasteiger partial charge in [-0.25, -0.2) is 4.79 Å². The summed E-state index contributed by atoms with van der Waals surface area (Å²) in [4.78, 5) is 19.0. The third-order valence-electron chi connectivity index (χ3n) is 3.07. The molecule has 0 radical (unpaired) electrons. The van der Waals surface area contributed by atoms with Crippen molar-refractivity contribution in [3.63, 3.8) is 0 Å². The molecule has 2 rings (SSSR count). The van der Waals surface area contributed by atoms with Crippen LogP contribution in [-0.2, 0) is 9.53 Å². The Hall–Kier alpha value is -3.04. The molecule has 0 heterocycles. The van der Waals surface area contributed by atoms with Gasteiger partial charge >= 0.3 is 11.7 Å². The first-order valence-electron chi connectivity index (χ1n) is 6.66. The topological polar surface area (TPSA) is 75.1 Å². The largest absolute Gasteiger partial charge is 0.460 e. The van der Waals surface area contributed by atoms with Gasteiger partial charge in [-0.1, -0.05) is 42.0 Å². The van der Waals surface area contributed by atoms with Crippen molar-refractivity contribution in [1.82, 2.24) is 0 Å². The summed E-state index contributed by atoms with van der Waals surface area (Å²) in [6, 6.07) is 14.8. The van der Waals surface area contributed by atoms with Crippen LogP contribution < -0.4 is 0 Å². The van der Waals surface area contributed by atoms with Crippen LogP contribution in [0.2, 0.25) is 0 Å². The van der Waals surface area contributed by atoms with Crippen molar-refractivity contribution in [1.29, 1.82) is 0 Å². The van der Waals surface area contributed by atoms with Crippen molar-refractivity contribution in [2.75, 3.05) is 7.11 Å². The van der Waals surface area contributed by atoms with Gasteiger partial charge in [0.1, 0.15) is 0 Å². The highest BCUT2D eigenvalue weighted by molar-refractivity contribution is 6.41. The van der Waals surface area contributed by atoms with E-state index in [0.29, 0.717) is 11.3 Å². The fourth-order valence-electron chi connectivity index (χ4n) is 1.88. The van der Waals surface area contributed by atoms with Crippen molar-refractivity contribution in [2.24, 2.45) is 4.99 Å². The number of hydrogen-bond donors (Lipinski definition) is 0. The second-order valence-corrected chi connectivity index (χ2v) is 4.63. The Balaban J connectivity index is 2.38. The van der Waals surface area contributed by atoms with Crippen molar-refractivity contribution in [3.8, 4) is 0 Å². The van der Waals surface area contributed by atoms with E-state index in [-0.39, 0.29) is 5.71 Å². The van der Waals surface area contributed by atoms with Crippen molar-refractivity contribution in [3.05, 3.63) is 70.8 Å². The minimum atomic E-state index is -0.722.